The molecule has 0 aliphatic carbocycles. The van der Waals surface area contributed by atoms with Gasteiger partial charge in [0.2, 0.25) is 5.91 Å². The Kier molecular flexibility index (Phi) is 4.80. The fourth-order valence-electron chi connectivity index (χ4n) is 2.86. The zero-order chi connectivity index (χ0) is 12.1. The maximum atomic E-state index is 12.1. The number of nitrogens with zero attached hydrogens (tertiary/aromatic N) is 2. The van der Waals surface area contributed by atoms with Gasteiger partial charge in [0.1, 0.15) is 0 Å². The molecule has 0 aromatic carbocycles. The molecule has 4 nitrogen and oxygen atoms in total. The van der Waals surface area contributed by atoms with E-state index in [1.807, 2.05) is 11.9 Å². The molecule has 1 unspecified atom stereocenters. The van der Waals surface area contributed by atoms with E-state index in [4.69, 9.17) is 0 Å². The van der Waals surface area contributed by atoms with Crippen LogP contribution in [0.2, 0.25) is 0 Å². The van der Waals surface area contributed by atoms with E-state index in [2.05, 4.69) is 10.2 Å². The normalized spacial score (nSPS) is 26.4. The summed E-state index contributed by atoms with van der Waals surface area (Å²) in [7, 11) is 1.99. The van der Waals surface area contributed by atoms with Crippen LogP contribution in [0.5, 0.6) is 0 Å². The molecule has 2 saturated heterocycles. The molecule has 0 saturated carbocycles. The summed E-state index contributed by atoms with van der Waals surface area (Å²) in [6.07, 6.45) is 5.66. The molecule has 1 amide bonds. The molecule has 0 aromatic rings. The molecule has 2 aliphatic rings. The van der Waals surface area contributed by atoms with Gasteiger partial charge in [-0.1, -0.05) is 0 Å². The molecular weight excluding hydrogens is 214 g/mol. The minimum atomic E-state index is 0.344. The van der Waals surface area contributed by atoms with Crippen LogP contribution in [-0.2, 0) is 4.79 Å². The Hall–Kier alpha value is -0.610. The largest absolute Gasteiger partial charge is 0.341 e. The highest BCUT2D eigenvalue weighted by atomic mass is 16.2. The van der Waals surface area contributed by atoms with Crippen molar-refractivity contribution in [3.05, 3.63) is 0 Å². The molecule has 98 valence electrons. The van der Waals surface area contributed by atoms with E-state index in [-0.39, 0.29) is 0 Å². The summed E-state index contributed by atoms with van der Waals surface area (Å²) < 4.78 is 0. The summed E-state index contributed by atoms with van der Waals surface area (Å²) in [4.78, 5) is 16.5. The van der Waals surface area contributed by atoms with Gasteiger partial charge in [0.25, 0.3) is 0 Å². The number of likely N-dealkylation sites (N-methyl/N-ethyl adjacent to an activating group) is 1. The Labute approximate surface area is 104 Å². The van der Waals surface area contributed by atoms with Crippen molar-refractivity contribution in [1.82, 2.24) is 15.1 Å². The van der Waals surface area contributed by atoms with Crippen LogP contribution in [0.3, 0.4) is 0 Å². The first kappa shape index (κ1) is 12.8. The first-order chi connectivity index (χ1) is 8.29. The highest BCUT2D eigenvalue weighted by molar-refractivity contribution is 5.76. The molecule has 1 atom stereocenters. The van der Waals surface area contributed by atoms with E-state index in [1.165, 1.54) is 32.4 Å². The van der Waals surface area contributed by atoms with Gasteiger partial charge in [-0.2, -0.15) is 0 Å². The lowest BCUT2D eigenvalue weighted by atomic mass is 10.1. The molecule has 2 heterocycles. The molecular formula is C13H25N3O. The van der Waals surface area contributed by atoms with Crippen molar-refractivity contribution in [2.45, 2.75) is 38.1 Å². The van der Waals surface area contributed by atoms with Crippen molar-refractivity contribution in [3.63, 3.8) is 0 Å². The van der Waals surface area contributed by atoms with Crippen LogP contribution in [0.1, 0.15) is 32.1 Å². The average molecular weight is 239 g/mol. The quantitative estimate of drug-likeness (QED) is 0.784. The van der Waals surface area contributed by atoms with Gasteiger partial charge in [-0.05, 0) is 45.8 Å². The monoisotopic (exact) mass is 239 g/mol. The van der Waals surface area contributed by atoms with Gasteiger partial charge in [0.05, 0.1) is 0 Å². The van der Waals surface area contributed by atoms with E-state index in [9.17, 15) is 4.79 Å². The number of hydrogen-bond donors (Lipinski definition) is 1. The Balaban J connectivity index is 1.71. The van der Waals surface area contributed by atoms with Gasteiger partial charge in [0, 0.05) is 32.1 Å². The Bertz CT molecular complexity index is 251. The first-order valence-electron chi connectivity index (χ1n) is 6.97. The summed E-state index contributed by atoms with van der Waals surface area (Å²) in [5.74, 6) is 0.344. The molecule has 0 spiro atoms. The highest BCUT2D eigenvalue weighted by Crippen LogP contribution is 2.12. The van der Waals surface area contributed by atoms with Gasteiger partial charge in [-0.25, -0.2) is 0 Å². The third-order valence-corrected chi connectivity index (χ3v) is 4.02. The molecule has 17 heavy (non-hydrogen) atoms. The average Bonchev–Trinajstić information content (AvgIpc) is 2.89. The molecule has 0 radical (unpaired) electrons. The van der Waals surface area contributed by atoms with E-state index >= 15 is 0 Å². The second-order valence-electron chi connectivity index (χ2n) is 5.27. The van der Waals surface area contributed by atoms with E-state index in [0.29, 0.717) is 18.4 Å². The van der Waals surface area contributed by atoms with Crippen molar-refractivity contribution in [2.75, 3.05) is 39.8 Å². The lowest BCUT2D eigenvalue weighted by Crippen LogP contribution is -2.47. The van der Waals surface area contributed by atoms with Crippen LogP contribution in [0, 0.1) is 0 Å². The number of rotatable bonds is 4. The van der Waals surface area contributed by atoms with Gasteiger partial charge >= 0.3 is 0 Å². The number of piperidine rings is 1. The van der Waals surface area contributed by atoms with Gasteiger partial charge in [0.15, 0.2) is 0 Å². The van der Waals surface area contributed by atoms with Crippen LogP contribution in [0.15, 0.2) is 0 Å². The second kappa shape index (κ2) is 6.36. The first-order valence-corrected chi connectivity index (χ1v) is 6.97. The van der Waals surface area contributed by atoms with E-state index in [1.54, 1.807) is 0 Å². The molecule has 1 N–H and O–H groups in total. The van der Waals surface area contributed by atoms with Crippen LogP contribution in [-0.4, -0.2) is 61.5 Å². The molecule has 4 heteroatoms. The number of likely N-dealkylation sites (tertiary alicyclic amines) is 2. The minimum absolute atomic E-state index is 0.344. The maximum absolute atomic E-state index is 12.1. The van der Waals surface area contributed by atoms with E-state index < -0.39 is 0 Å². The summed E-state index contributed by atoms with van der Waals surface area (Å²) in [5.41, 5.74) is 0. The van der Waals surface area contributed by atoms with Crippen molar-refractivity contribution in [2.24, 2.45) is 0 Å². The zero-order valence-corrected chi connectivity index (χ0v) is 11.0. The maximum Gasteiger partial charge on any atom is 0.223 e. The lowest BCUT2D eigenvalue weighted by molar-refractivity contribution is -0.132. The van der Waals surface area contributed by atoms with Gasteiger partial charge < -0.3 is 15.1 Å². The summed E-state index contributed by atoms with van der Waals surface area (Å²) in [6, 6.07) is 0.500. The van der Waals surface area contributed by atoms with Crippen LogP contribution in [0.4, 0.5) is 0 Å². The van der Waals surface area contributed by atoms with Gasteiger partial charge in [-0.15, -0.1) is 0 Å². The topological polar surface area (TPSA) is 35.6 Å². The third-order valence-electron chi connectivity index (χ3n) is 4.02. The Morgan fingerprint density at radius 3 is 2.71 bits per heavy atom. The van der Waals surface area contributed by atoms with Crippen molar-refractivity contribution >= 4 is 5.91 Å². The van der Waals surface area contributed by atoms with Crippen LogP contribution >= 0.6 is 0 Å². The predicted octanol–water partition coefficient (Wildman–Crippen LogP) is 0.683. The third kappa shape index (κ3) is 3.68. The summed E-state index contributed by atoms with van der Waals surface area (Å²) >= 11 is 0. The van der Waals surface area contributed by atoms with Crippen molar-refractivity contribution in [1.29, 1.82) is 0 Å². The smallest absolute Gasteiger partial charge is 0.223 e. The molecule has 2 fully saturated rings. The number of hydrogen-bond acceptors (Lipinski definition) is 3. The van der Waals surface area contributed by atoms with Crippen molar-refractivity contribution in [3.8, 4) is 0 Å². The number of nitrogens with one attached hydrogen (secondary N) is 1. The minimum Gasteiger partial charge on any atom is -0.341 e. The molecule has 2 rings (SSSR count). The number of amides is 1. The molecule has 2 aliphatic heterocycles. The molecule has 0 bridgehead atoms. The van der Waals surface area contributed by atoms with Crippen molar-refractivity contribution < 1.29 is 4.79 Å². The summed E-state index contributed by atoms with van der Waals surface area (Å²) in [5, 5.41) is 3.28. The highest BCUT2D eigenvalue weighted by Gasteiger charge is 2.23. The second-order valence-corrected chi connectivity index (χ2v) is 5.27. The lowest BCUT2D eigenvalue weighted by Gasteiger charge is -2.33. The fraction of sp³-hybridized carbons (Fsp3) is 0.923. The predicted molar refractivity (Wildman–Crippen MR) is 69.0 cm³/mol. The van der Waals surface area contributed by atoms with E-state index in [0.717, 1.165) is 26.1 Å². The zero-order valence-electron chi connectivity index (χ0n) is 11.0. The number of carbonyl (C=O) groups is 1. The number of carbonyl (C=O) groups excluding carboxylic acids is 1. The van der Waals surface area contributed by atoms with Crippen LogP contribution < -0.4 is 5.32 Å². The molecule has 0 aromatic heterocycles. The van der Waals surface area contributed by atoms with Crippen LogP contribution in [0.25, 0.3) is 0 Å². The van der Waals surface area contributed by atoms with Gasteiger partial charge in [-0.3, -0.25) is 4.79 Å². The summed E-state index contributed by atoms with van der Waals surface area (Å²) in [6.45, 7) is 5.19. The Morgan fingerprint density at radius 2 is 2.00 bits per heavy atom. The SMILES string of the molecule is CNC1CCCN(C(=O)CCN2CCCC2)C1. The standard InChI is InChI=1S/C13H25N3O/c1-14-12-5-4-9-16(11-12)13(17)6-10-15-7-2-3-8-15/h12,14H,2-11H2,1H3. The fourth-order valence-corrected chi connectivity index (χ4v) is 2.86. The Morgan fingerprint density at radius 1 is 1.24 bits per heavy atom.